The highest BCUT2D eigenvalue weighted by Crippen LogP contribution is 2.31. The number of aromatic nitrogens is 2. The molecule has 5 nitrogen and oxygen atoms in total. The first kappa shape index (κ1) is 19.5. The largest absolute Gasteiger partial charge is 0.328 e. The fourth-order valence-corrected chi connectivity index (χ4v) is 3.55. The second-order valence-electron chi connectivity index (χ2n) is 7.03. The minimum Gasteiger partial charge on any atom is -0.328 e. The number of nitrogens with one attached hydrogen (secondary N) is 1. The number of benzene rings is 1. The molecule has 6 heteroatoms. The lowest BCUT2D eigenvalue weighted by atomic mass is 9.93. The van der Waals surface area contributed by atoms with Gasteiger partial charge in [0.25, 0.3) is 5.56 Å². The third-order valence-electron chi connectivity index (χ3n) is 5.11. The number of allylic oxidation sites excluding steroid dienone is 3. The topological polar surface area (TPSA) is 67.2 Å². The third-order valence-corrected chi connectivity index (χ3v) is 5.11. The van der Waals surface area contributed by atoms with Crippen LogP contribution in [0.4, 0.5) is 4.39 Å². The van der Waals surface area contributed by atoms with Crippen molar-refractivity contribution in [2.45, 2.75) is 19.9 Å². The van der Waals surface area contributed by atoms with Crippen LogP contribution in [0.25, 0.3) is 16.8 Å². The van der Waals surface area contributed by atoms with Crippen LogP contribution < -0.4 is 11.1 Å². The number of aliphatic imine (C=N–C) groups is 1. The van der Waals surface area contributed by atoms with Gasteiger partial charge in [-0.25, -0.2) is 4.39 Å². The molecule has 1 aliphatic heterocycles. The van der Waals surface area contributed by atoms with E-state index in [1.54, 1.807) is 41.2 Å². The van der Waals surface area contributed by atoms with Gasteiger partial charge in [0.2, 0.25) is 5.56 Å². The Morgan fingerprint density at radius 2 is 1.87 bits per heavy atom. The van der Waals surface area contributed by atoms with E-state index in [1.165, 1.54) is 24.3 Å². The van der Waals surface area contributed by atoms with Crippen molar-refractivity contribution in [3.05, 3.63) is 110 Å². The summed E-state index contributed by atoms with van der Waals surface area (Å²) >= 11 is 0. The second kappa shape index (κ2) is 7.91. The van der Waals surface area contributed by atoms with Crippen LogP contribution in [-0.4, -0.2) is 21.8 Å². The molecule has 3 heterocycles. The van der Waals surface area contributed by atoms with Crippen LogP contribution >= 0.6 is 0 Å². The number of fused-ring (bicyclic) bond motifs is 1. The van der Waals surface area contributed by atoms with Crippen LogP contribution in [0.1, 0.15) is 30.7 Å². The van der Waals surface area contributed by atoms with E-state index in [9.17, 15) is 14.0 Å². The Kier molecular flexibility index (Phi) is 5.14. The first-order valence-electron chi connectivity index (χ1n) is 9.60. The zero-order valence-electron chi connectivity index (χ0n) is 16.6. The number of aromatic amines is 1. The highest BCUT2D eigenvalue weighted by Gasteiger charge is 2.23. The summed E-state index contributed by atoms with van der Waals surface area (Å²) in [4.78, 5) is 31.5. The lowest BCUT2D eigenvalue weighted by molar-refractivity contribution is 0.627. The quantitative estimate of drug-likeness (QED) is 0.722. The summed E-state index contributed by atoms with van der Waals surface area (Å²) in [7, 11) is 0. The normalized spacial score (nSPS) is 17.2. The van der Waals surface area contributed by atoms with Gasteiger partial charge in [-0.1, -0.05) is 6.08 Å². The number of hydrogen-bond donors (Lipinski definition) is 1. The molecule has 0 saturated carbocycles. The molecule has 0 aliphatic carbocycles. The van der Waals surface area contributed by atoms with E-state index in [4.69, 9.17) is 0 Å². The molecule has 150 valence electrons. The molecule has 4 rings (SSSR count). The zero-order valence-corrected chi connectivity index (χ0v) is 16.6. The maximum absolute atomic E-state index is 13.5. The molecule has 0 bridgehead atoms. The minimum absolute atomic E-state index is 0.173. The van der Waals surface area contributed by atoms with Gasteiger partial charge in [0.05, 0.1) is 11.7 Å². The van der Waals surface area contributed by atoms with E-state index >= 15 is 0 Å². The van der Waals surface area contributed by atoms with Gasteiger partial charge < -0.3 is 4.98 Å². The number of pyridine rings is 2. The fraction of sp³-hybridized carbons (Fsp3) is 0.125. The van der Waals surface area contributed by atoms with Crippen molar-refractivity contribution in [3.8, 4) is 5.69 Å². The summed E-state index contributed by atoms with van der Waals surface area (Å²) in [6.45, 7) is 3.87. The molecule has 1 unspecified atom stereocenters. The maximum atomic E-state index is 13.5. The maximum Gasteiger partial charge on any atom is 0.255 e. The number of rotatable bonds is 3. The number of hydrogen-bond acceptors (Lipinski definition) is 3. The molecule has 30 heavy (non-hydrogen) atoms. The van der Waals surface area contributed by atoms with E-state index in [0.717, 1.165) is 28.0 Å². The van der Waals surface area contributed by atoms with Crippen molar-refractivity contribution in [2.24, 2.45) is 4.99 Å². The van der Waals surface area contributed by atoms with Crippen molar-refractivity contribution >= 4 is 17.4 Å². The molecule has 1 aliphatic rings. The Morgan fingerprint density at radius 3 is 2.53 bits per heavy atom. The van der Waals surface area contributed by atoms with Crippen molar-refractivity contribution in [3.63, 3.8) is 0 Å². The molecule has 0 spiro atoms. The number of H-pyrrole nitrogens is 1. The van der Waals surface area contributed by atoms with Gasteiger partial charge in [-0.05, 0) is 67.5 Å². The molecule has 1 aromatic carbocycles. The predicted molar refractivity (Wildman–Crippen MR) is 118 cm³/mol. The average molecular weight is 401 g/mol. The SMILES string of the molecule is CC=C(/C=C1/c2c(ccc(=O)n2-c2ccc(F)cc2)C=NC1C)c1ccc(=O)[nH]c1. The second-order valence-corrected chi connectivity index (χ2v) is 7.03. The Balaban J connectivity index is 1.95. The highest BCUT2D eigenvalue weighted by molar-refractivity contribution is 5.95. The predicted octanol–water partition coefficient (Wildman–Crippen LogP) is 3.97. The molecule has 2 aromatic heterocycles. The average Bonchev–Trinajstić information content (AvgIpc) is 2.75. The summed E-state index contributed by atoms with van der Waals surface area (Å²) in [5, 5.41) is 0. The van der Waals surface area contributed by atoms with Gasteiger partial charge >= 0.3 is 0 Å². The molecular weight excluding hydrogens is 381 g/mol. The van der Waals surface area contributed by atoms with Crippen molar-refractivity contribution in [1.29, 1.82) is 0 Å². The van der Waals surface area contributed by atoms with Gasteiger partial charge in [0, 0.05) is 41.4 Å². The Bertz CT molecular complexity index is 1290. The summed E-state index contributed by atoms with van der Waals surface area (Å²) in [5.74, 6) is -0.364. The van der Waals surface area contributed by atoms with Crippen LogP contribution in [-0.2, 0) is 0 Å². The molecular formula is C24H20FN3O2. The lowest BCUT2D eigenvalue weighted by Crippen LogP contribution is -2.26. The summed E-state index contributed by atoms with van der Waals surface area (Å²) in [6.07, 6.45) is 7.33. The van der Waals surface area contributed by atoms with Gasteiger partial charge in [-0.3, -0.25) is 19.1 Å². The summed E-state index contributed by atoms with van der Waals surface area (Å²) in [6, 6.07) is 12.1. The molecule has 1 atom stereocenters. The Morgan fingerprint density at radius 1 is 1.10 bits per heavy atom. The van der Waals surface area contributed by atoms with Crippen LogP contribution in [0.2, 0.25) is 0 Å². The Hall–Kier alpha value is -3.80. The lowest BCUT2D eigenvalue weighted by Gasteiger charge is -2.24. The van der Waals surface area contributed by atoms with Crippen LogP contribution in [0.5, 0.6) is 0 Å². The van der Waals surface area contributed by atoms with E-state index < -0.39 is 0 Å². The van der Waals surface area contributed by atoms with Gasteiger partial charge in [-0.15, -0.1) is 0 Å². The fourth-order valence-electron chi connectivity index (χ4n) is 3.55. The first-order chi connectivity index (χ1) is 14.5. The Labute approximate surface area is 172 Å². The number of halogens is 1. The van der Waals surface area contributed by atoms with E-state index in [0.29, 0.717) is 5.69 Å². The van der Waals surface area contributed by atoms with Crippen LogP contribution in [0.15, 0.2) is 81.5 Å². The molecule has 0 saturated heterocycles. The van der Waals surface area contributed by atoms with Gasteiger partial charge in [0.15, 0.2) is 0 Å². The molecule has 1 N–H and O–H groups in total. The third kappa shape index (κ3) is 3.59. The highest BCUT2D eigenvalue weighted by atomic mass is 19.1. The smallest absolute Gasteiger partial charge is 0.255 e. The zero-order chi connectivity index (χ0) is 21.3. The minimum atomic E-state index is -0.364. The van der Waals surface area contributed by atoms with Gasteiger partial charge in [0.1, 0.15) is 5.82 Å². The van der Waals surface area contributed by atoms with Crippen molar-refractivity contribution in [1.82, 2.24) is 9.55 Å². The van der Waals surface area contributed by atoms with E-state index in [1.807, 2.05) is 26.0 Å². The van der Waals surface area contributed by atoms with Crippen molar-refractivity contribution < 1.29 is 4.39 Å². The molecule has 0 amide bonds. The molecule has 0 fully saturated rings. The number of nitrogens with zero attached hydrogens (tertiary/aromatic N) is 2. The standard InChI is InChI=1S/C24H20FN3O2/c1-3-16(17-4-10-22(29)27-13-17)12-21-15(2)26-14-18-5-11-23(30)28(24(18)21)20-8-6-19(25)7-9-20/h3-15H,1-2H3,(H,27,29)/b16-3?,21-12+. The summed E-state index contributed by atoms with van der Waals surface area (Å²) < 4.78 is 15.0. The van der Waals surface area contributed by atoms with Crippen molar-refractivity contribution in [2.75, 3.05) is 0 Å². The monoisotopic (exact) mass is 401 g/mol. The molecule has 3 aromatic rings. The van der Waals surface area contributed by atoms with Crippen LogP contribution in [0, 0.1) is 5.82 Å². The van der Waals surface area contributed by atoms with E-state index in [-0.39, 0.29) is 23.0 Å². The first-order valence-corrected chi connectivity index (χ1v) is 9.60. The molecule has 0 radical (unpaired) electrons. The van der Waals surface area contributed by atoms with E-state index in [2.05, 4.69) is 9.98 Å². The van der Waals surface area contributed by atoms with Gasteiger partial charge in [-0.2, -0.15) is 0 Å². The summed E-state index contributed by atoms with van der Waals surface area (Å²) in [5.41, 5.74) is 4.32. The van der Waals surface area contributed by atoms with Crippen LogP contribution in [0.3, 0.4) is 0 Å².